The van der Waals surface area contributed by atoms with E-state index in [0.29, 0.717) is 11.8 Å². The van der Waals surface area contributed by atoms with Crippen LogP contribution < -0.4 is 11.3 Å². The summed E-state index contributed by atoms with van der Waals surface area (Å²) in [6.45, 7) is 9.60. The summed E-state index contributed by atoms with van der Waals surface area (Å²) in [5.41, 5.74) is 4.05. The predicted octanol–water partition coefficient (Wildman–Crippen LogP) is 1.70. The highest BCUT2D eigenvalue weighted by atomic mass is 15.3. The molecule has 1 aromatic rings. The Balaban J connectivity index is 2.82. The zero-order valence-electron chi connectivity index (χ0n) is 10.1. The van der Waals surface area contributed by atoms with Gasteiger partial charge in [0.25, 0.3) is 0 Å². The van der Waals surface area contributed by atoms with Gasteiger partial charge in [-0.05, 0) is 18.8 Å². The fourth-order valence-electron chi connectivity index (χ4n) is 1.65. The van der Waals surface area contributed by atoms with E-state index in [-0.39, 0.29) is 6.04 Å². The van der Waals surface area contributed by atoms with E-state index in [1.165, 1.54) is 5.56 Å². The van der Waals surface area contributed by atoms with Crippen LogP contribution in [0.15, 0.2) is 12.4 Å². The van der Waals surface area contributed by atoms with Crippen molar-refractivity contribution in [1.29, 1.82) is 0 Å². The first-order valence-electron chi connectivity index (χ1n) is 5.58. The van der Waals surface area contributed by atoms with Gasteiger partial charge in [-0.25, -0.2) is 0 Å². The highest BCUT2D eigenvalue weighted by Crippen LogP contribution is 2.26. The molecule has 1 heterocycles. The van der Waals surface area contributed by atoms with E-state index in [0.717, 1.165) is 6.54 Å². The number of rotatable bonds is 5. The van der Waals surface area contributed by atoms with E-state index >= 15 is 0 Å². The summed E-state index contributed by atoms with van der Waals surface area (Å²) < 4.78 is 1.92. The number of nitrogens with one attached hydrogen (secondary N) is 1. The third-order valence-electron chi connectivity index (χ3n) is 3.09. The van der Waals surface area contributed by atoms with Crippen LogP contribution in [-0.4, -0.2) is 9.78 Å². The van der Waals surface area contributed by atoms with Gasteiger partial charge in [-0.3, -0.25) is 16.0 Å². The van der Waals surface area contributed by atoms with Crippen LogP contribution >= 0.6 is 0 Å². The van der Waals surface area contributed by atoms with Gasteiger partial charge in [-0.1, -0.05) is 20.8 Å². The molecule has 4 heteroatoms. The summed E-state index contributed by atoms with van der Waals surface area (Å²) >= 11 is 0. The van der Waals surface area contributed by atoms with E-state index in [9.17, 15) is 0 Å². The highest BCUT2D eigenvalue weighted by Gasteiger charge is 2.21. The van der Waals surface area contributed by atoms with E-state index in [1.54, 1.807) is 0 Å². The van der Waals surface area contributed by atoms with Gasteiger partial charge in [0.15, 0.2) is 0 Å². The van der Waals surface area contributed by atoms with Crippen LogP contribution in [0.25, 0.3) is 0 Å². The van der Waals surface area contributed by atoms with E-state index in [4.69, 9.17) is 5.84 Å². The van der Waals surface area contributed by atoms with Crippen LogP contribution in [0, 0.1) is 11.8 Å². The molecule has 0 aliphatic carbocycles. The van der Waals surface area contributed by atoms with Gasteiger partial charge < -0.3 is 0 Å². The SMILES string of the molecule is CCn1cc(C(NN)C(C)C(C)C)cn1. The standard InChI is InChI=1S/C11H22N4/c1-5-15-7-10(6-13-15)11(14-12)9(4)8(2)3/h6-9,11,14H,5,12H2,1-4H3. The van der Waals surface area contributed by atoms with E-state index in [2.05, 4.69) is 44.4 Å². The molecule has 1 rings (SSSR count). The molecule has 2 atom stereocenters. The maximum absolute atomic E-state index is 5.61. The van der Waals surface area contributed by atoms with E-state index in [1.807, 2.05) is 10.9 Å². The Morgan fingerprint density at radius 1 is 1.47 bits per heavy atom. The van der Waals surface area contributed by atoms with Crippen molar-refractivity contribution in [1.82, 2.24) is 15.2 Å². The van der Waals surface area contributed by atoms with Crippen molar-refractivity contribution < 1.29 is 0 Å². The first kappa shape index (κ1) is 12.2. The summed E-state index contributed by atoms with van der Waals surface area (Å²) in [6, 6.07) is 0.185. The molecule has 0 aromatic carbocycles. The van der Waals surface area contributed by atoms with Gasteiger partial charge in [-0.15, -0.1) is 0 Å². The number of nitrogens with two attached hydrogens (primary N) is 1. The Labute approximate surface area is 91.8 Å². The van der Waals surface area contributed by atoms with Gasteiger partial charge in [0, 0.05) is 18.3 Å². The Hall–Kier alpha value is -0.870. The van der Waals surface area contributed by atoms with Gasteiger partial charge in [0.1, 0.15) is 0 Å². The Bertz CT molecular complexity index is 293. The zero-order chi connectivity index (χ0) is 11.4. The minimum Gasteiger partial charge on any atom is -0.273 e. The van der Waals surface area contributed by atoms with Crippen molar-refractivity contribution in [3.05, 3.63) is 18.0 Å². The molecule has 0 fully saturated rings. The normalized spacial score (nSPS) is 15.6. The maximum atomic E-state index is 5.61. The van der Waals surface area contributed by atoms with Crippen LogP contribution in [0.2, 0.25) is 0 Å². The largest absolute Gasteiger partial charge is 0.273 e. The van der Waals surface area contributed by atoms with Crippen LogP contribution in [0.3, 0.4) is 0 Å². The summed E-state index contributed by atoms with van der Waals surface area (Å²) in [7, 11) is 0. The zero-order valence-corrected chi connectivity index (χ0v) is 10.1. The van der Waals surface area contributed by atoms with Crippen molar-refractivity contribution in [2.24, 2.45) is 17.7 Å². The fourth-order valence-corrected chi connectivity index (χ4v) is 1.65. The van der Waals surface area contributed by atoms with Crippen molar-refractivity contribution in [2.45, 2.75) is 40.3 Å². The van der Waals surface area contributed by atoms with Gasteiger partial charge in [0.2, 0.25) is 0 Å². The van der Waals surface area contributed by atoms with Gasteiger partial charge in [0.05, 0.1) is 12.2 Å². The van der Waals surface area contributed by atoms with E-state index < -0.39 is 0 Å². The molecular formula is C11H22N4. The third kappa shape index (κ3) is 2.79. The molecule has 86 valence electrons. The molecular weight excluding hydrogens is 188 g/mol. The topological polar surface area (TPSA) is 55.9 Å². The second-order valence-electron chi connectivity index (χ2n) is 4.38. The van der Waals surface area contributed by atoms with Crippen molar-refractivity contribution in [3.8, 4) is 0 Å². The second kappa shape index (κ2) is 5.28. The minimum absolute atomic E-state index is 0.185. The molecule has 0 radical (unpaired) electrons. The smallest absolute Gasteiger partial charge is 0.0538 e. The number of hydrogen-bond donors (Lipinski definition) is 2. The number of hydrazine groups is 1. The molecule has 0 saturated heterocycles. The lowest BCUT2D eigenvalue weighted by Gasteiger charge is -2.25. The summed E-state index contributed by atoms with van der Waals surface area (Å²) in [6.07, 6.45) is 3.95. The Morgan fingerprint density at radius 2 is 2.13 bits per heavy atom. The lowest BCUT2D eigenvalue weighted by Crippen LogP contribution is -2.34. The van der Waals surface area contributed by atoms with Crippen LogP contribution in [-0.2, 0) is 6.54 Å². The first-order chi connectivity index (χ1) is 7.10. The molecule has 0 spiro atoms. The summed E-state index contributed by atoms with van der Waals surface area (Å²) in [4.78, 5) is 0. The molecule has 0 bridgehead atoms. The van der Waals surface area contributed by atoms with Crippen molar-refractivity contribution >= 4 is 0 Å². The number of aryl methyl sites for hydroxylation is 1. The molecule has 0 amide bonds. The Kier molecular flexibility index (Phi) is 4.29. The quantitative estimate of drug-likeness (QED) is 0.574. The molecule has 15 heavy (non-hydrogen) atoms. The van der Waals surface area contributed by atoms with Crippen LogP contribution in [0.5, 0.6) is 0 Å². The lowest BCUT2D eigenvalue weighted by atomic mass is 9.88. The van der Waals surface area contributed by atoms with Crippen LogP contribution in [0.4, 0.5) is 0 Å². The number of aromatic nitrogens is 2. The fraction of sp³-hybridized carbons (Fsp3) is 0.727. The first-order valence-corrected chi connectivity index (χ1v) is 5.58. The average molecular weight is 210 g/mol. The summed E-state index contributed by atoms with van der Waals surface area (Å²) in [5, 5.41) is 4.27. The monoisotopic (exact) mass is 210 g/mol. The predicted molar refractivity (Wildman–Crippen MR) is 62.0 cm³/mol. The number of hydrogen-bond acceptors (Lipinski definition) is 3. The molecule has 1 aromatic heterocycles. The van der Waals surface area contributed by atoms with Crippen molar-refractivity contribution in [2.75, 3.05) is 0 Å². The maximum Gasteiger partial charge on any atom is 0.0538 e. The van der Waals surface area contributed by atoms with Gasteiger partial charge >= 0.3 is 0 Å². The number of nitrogens with zero attached hydrogens (tertiary/aromatic N) is 2. The molecule has 0 saturated carbocycles. The second-order valence-corrected chi connectivity index (χ2v) is 4.38. The molecule has 0 aliphatic heterocycles. The molecule has 0 aliphatic rings. The lowest BCUT2D eigenvalue weighted by molar-refractivity contribution is 0.306. The molecule has 2 unspecified atom stereocenters. The van der Waals surface area contributed by atoms with Crippen LogP contribution in [0.1, 0.15) is 39.3 Å². The Morgan fingerprint density at radius 3 is 2.53 bits per heavy atom. The van der Waals surface area contributed by atoms with Crippen molar-refractivity contribution in [3.63, 3.8) is 0 Å². The molecule has 3 N–H and O–H groups in total. The third-order valence-corrected chi connectivity index (χ3v) is 3.09. The summed E-state index contributed by atoms with van der Waals surface area (Å²) in [5.74, 6) is 6.69. The van der Waals surface area contributed by atoms with Gasteiger partial charge in [-0.2, -0.15) is 5.10 Å². The molecule has 4 nitrogen and oxygen atoms in total. The average Bonchev–Trinajstić information content (AvgIpc) is 2.67. The minimum atomic E-state index is 0.185. The highest BCUT2D eigenvalue weighted by molar-refractivity contribution is 5.11.